The highest BCUT2D eigenvalue weighted by atomic mass is 16.3. The third-order valence-corrected chi connectivity index (χ3v) is 8.90. The van der Waals surface area contributed by atoms with Crippen molar-refractivity contribution < 1.29 is 4.42 Å². The van der Waals surface area contributed by atoms with E-state index in [1.807, 2.05) is 36.4 Å². The zero-order valence-electron chi connectivity index (χ0n) is 25.5. The van der Waals surface area contributed by atoms with E-state index in [1.54, 1.807) is 0 Å². The molecule has 0 aliphatic rings. The van der Waals surface area contributed by atoms with Crippen LogP contribution in [0.1, 0.15) is 0 Å². The molecule has 0 aliphatic carbocycles. The van der Waals surface area contributed by atoms with Crippen molar-refractivity contribution in [3.8, 4) is 56.0 Å². The van der Waals surface area contributed by atoms with E-state index in [-0.39, 0.29) is 0 Å². The number of nitrogens with zero attached hydrogens (tertiary/aromatic N) is 2. The maximum Gasteiger partial charge on any atom is 0.160 e. The van der Waals surface area contributed by atoms with Gasteiger partial charge < -0.3 is 4.42 Å². The van der Waals surface area contributed by atoms with E-state index in [4.69, 9.17) is 14.4 Å². The molecule has 0 bridgehead atoms. The Morgan fingerprint density at radius 1 is 0.340 bits per heavy atom. The smallest absolute Gasteiger partial charge is 0.160 e. The third kappa shape index (κ3) is 4.86. The molecule has 0 amide bonds. The summed E-state index contributed by atoms with van der Waals surface area (Å²) >= 11 is 0. The zero-order valence-corrected chi connectivity index (χ0v) is 25.5. The molecule has 0 fully saturated rings. The molecular formula is C44H28N2O. The van der Waals surface area contributed by atoms with Crippen LogP contribution in [0.25, 0.3) is 88.9 Å². The summed E-state index contributed by atoms with van der Waals surface area (Å²) in [4.78, 5) is 10.4. The third-order valence-electron chi connectivity index (χ3n) is 8.90. The second-order valence-electron chi connectivity index (χ2n) is 11.8. The minimum atomic E-state index is 0.684. The summed E-state index contributed by atoms with van der Waals surface area (Å²) < 4.78 is 6.24. The number of fused-ring (bicyclic) bond motifs is 5. The number of furan rings is 1. The average molecular weight is 601 g/mol. The zero-order chi connectivity index (χ0) is 31.2. The Balaban J connectivity index is 1.16. The van der Waals surface area contributed by atoms with Gasteiger partial charge in [-0.2, -0.15) is 0 Å². The summed E-state index contributed by atoms with van der Waals surface area (Å²) in [5, 5.41) is 3.07. The summed E-state index contributed by atoms with van der Waals surface area (Å²) in [6.07, 6.45) is 0. The highest BCUT2D eigenvalue weighted by Gasteiger charge is 2.18. The highest BCUT2D eigenvalue weighted by molar-refractivity contribution is 6.19. The van der Waals surface area contributed by atoms with Crippen molar-refractivity contribution in [2.24, 2.45) is 0 Å². The van der Waals surface area contributed by atoms with Crippen LogP contribution in [0.3, 0.4) is 0 Å². The Morgan fingerprint density at radius 2 is 0.872 bits per heavy atom. The van der Waals surface area contributed by atoms with E-state index in [0.29, 0.717) is 5.82 Å². The van der Waals surface area contributed by atoms with Gasteiger partial charge in [0.2, 0.25) is 0 Å². The summed E-state index contributed by atoms with van der Waals surface area (Å²) in [6, 6.07) is 59.2. The molecule has 47 heavy (non-hydrogen) atoms. The molecule has 0 aliphatic heterocycles. The second-order valence-corrected chi connectivity index (χ2v) is 11.8. The fourth-order valence-electron chi connectivity index (χ4n) is 6.55. The number of rotatable bonds is 5. The average Bonchev–Trinajstić information content (AvgIpc) is 3.55. The van der Waals surface area contributed by atoms with Gasteiger partial charge in [-0.05, 0) is 63.7 Å². The normalized spacial score (nSPS) is 11.4. The first kappa shape index (κ1) is 27.0. The molecule has 2 heterocycles. The predicted octanol–water partition coefficient (Wildman–Crippen LogP) is 11.9. The lowest BCUT2D eigenvalue weighted by molar-refractivity contribution is 0.669. The van der Waals surface area contributed by atoms with Crippen LogP contribution in [0, 0.1) is 0 Å². The Kier molecular flexibility index (Phi) is 6.46. The first-order valence-electron chi connectivity index (χ1n) is 15.8. The van der Waals surface area contributed by atoms with Crippen molar-refractivity contribution in [2.75, 3.05) is 0 Å². The van der Waals surface area contributed by atoms with E-state index in [2.05, 4.69) is 133 Å². The first-order chi connectivity index (χ1) is 23.3. The SMILES string of the molecule is c1ccc(-c2ccc(-c3cccc(-c4cccc(-c5nc(-c6ccccc6)c6ccc7oc8ccccc8c7c6n5)c4)c3)cc2)cc1. The van der Waals surface area contributed by atoms with Crippen molar-refractivity contribution >= 4 is 32.8 Å². The molecule has 7 aromatic carbocycles. The van der Waals surface area contributed by atoms with Crippen LogP contribution >= 0.6 is 0 Å². The van der Waals surface area contributed by atoms with Gasteiger partial charge in [0.25, 0.3) is 0 Å². The molecule has 9 aromatic rings. The van der Waals surface area contributed by atoms with Gasteiger partial charge in [0.05, 0.1) is 16.6 Å². The van der Waals surface area contributed by atoms with Crippen LogP contribution in [0.5, 0.6) is 0 Å². The molecule has 3 nitrogen and oxygen atoms in total. The van der Waals surface area contributed by atoms with Crippen LogP contribution in [0.15, 0.2) is 174 Å². The van der Waals surface area contributed by atoms with Crippen LogP contribution < -0.4 is 0 Å². The largest absolute Gasteiger partial charge is 0.456 e. The van der Waals surface area contributed by atoms with Gasteiger partial charge in [-0.25, -0.2) is 9.97 Å². The van der Waals surface area contributed by atoms with Crippen molar-refractivity contribution in [3.63, 3.8) is 0 Å². The van der Waals surface area contributed by atoms with E-state index in [1.165, 1.54) is 22.3 Å². The summed E-state index contributed by atoms with van der Waals surface area (Å²) in [5.41, 5.74) is 12.5. The van der Waals surface area contributed by atoms with Gasteiger partial charge in [-0.1, -0.05) is 140 Å². The molecule has 3 heteroatoms. The molecular weight excluding hydrogens is 572 g/mol. The maximum absolute atomic E-state index is 6.24. The van der Waals surface area contributed by atoms with E-state index in [0.717, 1.165) is 60.8 Å². The number of aromatic nitrogens is 2. The molecule has 0 unspecified atom stereocenters. The van der Waals surface area contributed by atoms with Crippen molar-refractivity contribution in [1.82, 2.24) is 9.97 Å². The lowest BCUT2D eigenvalue weighted by Gasteiger charge is -2.12. The number of hydrogen-bond donors (Lipinski definition) is 0. The second kappa shape index (κ2) is 11.2. The monoisotopic (exact) mass is 600 g/mol. The highest BCUT2D eigenvalue weighted by Crippen LogP contribution is 2.38. The van der Waals surface area contributed by atoms with E-state index >= 15 is 0 Å². The Hall–Kier alpha value is -6.32. The number of para-hydroxylation sites is 1. The molecule has 0 radical (unpaired) electrons. The molecule has 0 spiro atoms. The van der Waals surface area contributed by atoms with Crippen molar-refractivity contribution in [2.45, 2.75) is 0 Å². The summed E-state index contributed by atoms with van der Waals surface area (Å²) in [7, 11) is 0. The van der Waals surface area contributed by atoms with Crippen LogP contribution in [0.4, 0.5) is 0 Å². The fourth-order valence-corrected chi connectivity index (χ4v) is 6.55. The van der Waals surface area contributed by atoms with Crippen molar-refractivity contribution in [1.29, 1.82) is 0 Å². The lowest BCUT2D eigenvalue weighted by atomic mass is 9.96. The summed E-state index contributed by atoms with van der Waals surface area (Å²) in [5.74, 6) is 0.684. The minimum absolute atomic E-state index is 0.684. The maximum atomic E-state index is 6.24. The first-order valence-corrected chi connectivity index (χ1v) is 15.8. The molecule has 0 saturated heterocycles. The van der Waals surface area contributed by atoms with Gasteiger partial charge in [0.15, 0.2) is 5.82 Å². The van der Waals surface area contributed by atoms with Gasteiger partial charge in [0, 0.05) is 21.9 Å². The molecule has 220 valence electrons. The van der Waals surface area contributed by atoms with E-state index in [9.17, 15) is 0 Å². The van der Waals surface area contributed by atoms with Crippen LogP contribution in [-0.4, -0.2) is 9.97 Å². The molecule has 2 aromatic heterocycles. The van der Waals surface area contributed by atoms with Gasteiger partial charge >= 0.3 is 0 Å². The van der Waals surface area contributed by atoms with Crippen LogP contribution in [-0.2, 0) is 0 Å². The Morgan fingerprint density at radius 3 is 1.60 bits per heavy atom. The summed E-state index contributed by atoms with van der Waals surface area (Å²) in [6.45, 7) is 0. The van der Waals surface area contributed by atoms with Gasteiger partial charge in [-0.15, -0.1) is 0 Å². The van der Waals surface area contributed by atoms with Gasteiger partial charge in [-0.3, -0.25) is 0 Å². The Bertz CT molecular complexity index is 2550. The van der Waals surface area contributed by atoms with E-state index < -0.39 is 0 Å². The van der Waals surface area contributed by atoms with Crippen LogP contribution in [0.2, 0.25) is 0 Å². The molecule has 9 rings (SSSR count). The van der Waals surface area contributed by atoms with Gasteiger partial charge in [0.1, 0.15) is 11.2 Å². The topological polar surface area (TPSA) is 38.9 Å². The lowest BCUT2D eigenvalue weighted by Crippen LogP contribution is -1.96. The molecule has 0 N–H and O–H groups in total. The quantitative estimate of drug-likeness (QED) is 0.197. The standard InChI is InChI=1S/C44H28N2O/c1-3-11-29(12-4-1)30-21-23-31(24-22-30)33-15-9-16-34(27-33)35-17-10-18-36(28-35)44-45-42(32-13-5-2-6-14-32)38-25-26-40-41(43(38)46-44)37-19-7-8-20-39(37)47-40/h1-28H. The fraction of sp³-hybridized carbons (Fsp3) is 0. The van der Waals surface area contributed by atoms with Crippen molar-refractivity contribution in [3.05, 3.63) is 170 Å². The minimum Gasteiger partial charge on any atom is -0.456 e. The Labute approximate surface area is 272 Å². The molecule has 0 atom stereocenters. The predicted molar refractivity (Wildman–Crippen MR) is 194 cm³/mol. The number of hydrogen-bond acceptors (Lipinski definition) is 3. The number of benzene rings is 7. The molecule has 0 saturated carbocycles.